The summed E-state index contributed by atoms with van der Waals surface area (Å²) in [6.07, 6.45) is 0. The van der Waals surface area contributed by atoms with Gasteiger partial charge in [0.25, 0.3) is 0 Å². The number of phenols is 1. The number of carboxylic acids is 1. The van der Waals surface area contributed by atoms with Gasteiger partial charge in [-0.2, -0.15) is 0 Å². The summed E-state index contributed by atoms with van der Waals surface area (Å²) in [7, 11) is 0. The van der Waals surface area contributed by atoms with Gasteiger partial charge in [0.05, 0.1) is 5.69 Å². The molecule has 122 valence electrons. The van der Waals surface area contributed by atoms with Crippen molar-refractivity contribution in [3.05, 3.63) is 60.2 Å². The molecule has 0 aliphatic rings. The predicted octanol–water partition coefficient (Wildman–Crippen LogP) is 0.100. The van der Waals surface area contributed by atoms with Gasteiger partial charge in [0.15, 0.2) is 0 Å². The standard InChI is InChI=1S/C18H15N3O3.Na.H/c19-11-5-3-4-10(8-11)13-9-14(12-6-1-2-7-15(12)22)21-17(20)16(13)18(23)24;;/h1-9,22H,19H2,(H2,20,21)(H,23,24);;/q;+1;-1. The van der Waals surface area contributed by atoms with Crippen molar-refractivity contribution in [2.75, 3.05) is 11.5 Å². The van der Waals surface area contributed by atoms with E-state index in [1.54, 1.807) is 48.5 Å². The number of para-hydroxylation sites is 1. The van der Waals surface area contributed by atoms with Crippen LogP contribution >= 0.6 is 0 Å². The molecule has 0 atom stereocenters. The largest absolute Gasteiger partial charge is 1.00 e. The molecule has 0 aliphatic heterocycles. The van der Waals surface area contributed by atoms with Gasteiger partial charge in [-0.1, -0.05) is 24.3 Å². The van der Waals surface area contributed by atoms with Crippen LogP contribution < -0.4 is 41.0 Å². The van der Waals surface area contributed by atoms with Crippen LogP contribution in [0.4, 0.5) is 11.5 Å². The van der Waals surface area contributed by atoms with E-state index >= 15 is 0 Å². The number of carbonyl (C=O) groups is 1. The summed E-state index contributed by atoms with van der Waals surface area (Å²) >= 11 is 0. The number of nitrogens with two attached hydrogens (primary N) is 2. The van der Waals surface area contributed by atoms with Crippen molar-refractivity contribution in [2.45, 2.75) is 0 Å². The number of aromatic carboxylic acids is 1. The molecule has 0 unspecified atom stereocenters. The van der Waals surface area contributed by atoms with Gasteiger partial charge in [-0.3, -0.25) is 0 Å². The van der Waals surface area contributed by atoms with E-state index in [0.717, 1.165) is 0 Å². The maximum Gasteiger partial charge on any atom is 1.00 e. The van der Waals surface area contributed by atoms with Gasteiger partial charge < -0.3 is 23.1 Å². The molecule has 0 radical (unpaired) electrons. The van der Waals surface area contributed by atoms with E-state index < -0.39 is 5.97 Å². The third kappa shape index (κ3) is 3.76. The second kappa shape index (κ2) is 7.57. The van der Waals surface area contributed by atoms with Crippen molar-refractivity contribution in [1.82, 2.24) is 4.98 Å². The zero-order chi connectivity index (χ0) is 17.3. The van der Waals surface area contributed by atoms with Gasteiger partial charge in [0.1, 0.15) is 17.1 Å². The zero-order valence-corrected chi connectivity index (χ0v) is 15.6. The molecule has 25 heavy (non-hydrogen) atoms. The van der Waals surface area contributed by atoms with Crippen LogP contribution in [0.25, 0.3) is 22.4 Å². The molecule has 2 aromatic carbocycles. The fraction of sp³-hybridized carbons (Fsp3) is 0. The number of anilines is 2. The van der Waals surface area contributed by atoms with Crippen LogP contribution in [0, 0.1) is 0 Å². The minimum Gasteiger partial charge on any atom is -1.00 e. The number of aromatic nitrogens is 1. The summed E-state index contributed by atoms with van der Waals surface area (Å²) in [5, 5.41) is 19.5. The average molecular weight is 345 g/mol. The molecule has 0 saturated carbocycles. The van der Waals surface area contributed by atoms with Crippen LogP contribution in [-0.4, -0.2) is 21.2 Å². The van der Waals surface area contributed by atoms with Crippen molar-refractivity contribution < 1.29 is 46.0 Å². The summed E-state index contributed by atoms with van der Waals surface area (Å²) in [6, 6.07) is 15.1. The average Bonchev–Trinajstić information content (AvgIpc) is 2.54. The molecule has 0 fully saturated rings. The number of hydrogen-bond donors (Lipinski definition) is 4. The van der Waals surface area contributed by atoms with Gasteiger partial charge in [0.2, 0.25) is 0 Å². The summed E-state index contributed by atoms with van der Waals surface area (Å²) < 4.78 is 0. The molecule has 6 N–H and O–H groups in total. The second-order valence-electron chi connectivity index (χ2n) is 5.26. The molecule has 1 aromatic heterocycles. The van der Waals surface area contributed by atoms with Gasteiger partial charge in [-0.25, -0.2) is 9.78 Å². The van der Waals surface area contributed by atoms with E-state index in [-0.39, 0.29) is 48.1 Å². The maximum atomic E-state index is 11.6. The Labute approximate surface area is 167 Å². The Hall–Kier alpha value is -2.54. The molecule has 0 amide bonds. The van der Waals surface area contributed by atoms with Crippen molar-refractivity contribution >= 4 is 17.5 Å². The van der Waals surface area contributed by atoms with Crippen LogP contribution in [0.5, 0.6) is 5.75 Å². The summed E-state index contributed by atoms with van der Waals surface area (Å²) in [6.45, 7) is 0. The van der Waals surface area contributed by atoms with Crippen LogP contribution in [0.3, 0.4) is 0 Å². The number of benzene rings is 2. The molecule has 1 heterocycles. The summed E-state index contributed by atoms with van der Waals surface area (Å²) in [5.74, 6) is -1.27. The first-order valence-corrected chi connectivity index (χ1v) is 7.15. The molecular formula is C18H16N3NaO3. The van der Waals surface area contributed by atoms with E-state index in [4.69, 9.17) is 11.5 Å². The first-order valence-electron chi connectivity index (χ1n) is 7.15. The van der Waals surface area contributed by atoms with Gasteiger partial charge in [-0.05, 0) is 35.9 Å². The number of pyridine rings is 1. The van der Waals surface area contributed by atoms with Gasteiger partial charge in [0, 0.05) is 16.8 Å². The van der Waals surface area contributed by atoms with E-state index in [1.807, 2.05) is 0 Å². The van der Waals surface area contributed by atoms with Gasteiger partial charge in [-0.15, -0.1) is 0 Å². The number of nitrogen functional groups attached to an aromatic ring is 2. The summed E-state index contributed by atoms with van der Waals surface area (Å²) in [5.41, 5.74) is 13.9. The third-order valence-corrected chi connectivity index (χ3v) is 3.64. The topological polar surface area (TPSA) is 122 Å². The fourth-order valence-electron chi connectivity index (χ4n) is 2.55. The molecule has 0 aliphatic carbocycles. The van der Waals surface area contributed by atoms with Crippen molar-refractivity contribution in [3.63, 3.8) is 0 Å². The normalized spacial score (nSPS) is 10.1. The second-order valence-corrected chi connectivity index (χ2v) is 5.26. The molecule has 7 heteroatoms. The Kier molecular flexibility index (Phi) is 5.69. The Morgan fingerprint density at radius 3 is 2.36 bits per heavy atom. The van der Waals surface area contributed by atoms with Crippen LogP contribution in [0.2, 0.25) is 0 Å². The van der Waals surface area contributed by atoms with E-state index in [2.05, 4.69) is 4.98 Å². The molecule has 3 rings (SSSR count). The smallest absolute Gasteiger partial charge is 1.00 e. The minimum atomic E-state index is -1.18. The Balaban J connectivity index is 0.00000169. The van der Waals surface area contributed by atoms with E-state index in [9.17, 15) is 15.0 Å². The number of phenolic OH excluding ortho intramolecular Hbond substituents is 1. The zero-order valence-electron chi connectivity index (χ0n) is 14.6. The number of rotatable bonds is 3. The molecule has 0 bridgehead atoms. The quantitative estimate of drug-likeness (QED) is 0.394. The Morgan fingerprint density at radius 1 is 1.00 bits per heavy atom. The molecule has 3 aromatic rings. The van der Waals surface area contributed by atoms with Crippen LogP contribution in [-0.2, 0) is 0 Å². The van der Waals surface area contributed by atoms with E-state index in [1.165, 1.54) is 6.07 Å². The first kappa shape index (κ1) is 18.8. The van der Waals surface area contributed by atoms with Crippen LogP contribution in [0.1, 0.15) is 11.8 Å². The number of nitrogens with zero attached hydrogens (tertiary/aromatic N) is 1. The van der Waals surface area contributed by atoms with E-state index in [0.29, 0.717) is 28.1 Å². The molecule has 0 saturated heterocycles. The maximum absolute atomic E-state index is 11.6. The number of aromatic hydroxyl groups is 1. The minimum absolute atomic E-state index is 0. The number of hydrogen-bond acceptors (Lipinski definition) is 5. The fourth-order valence-corrected chi connectivity index (χ4v) is 2.55. The number of carboxylic acid groups (broad SMARTS) is 1. The van der Waals surface area contributed by atoms with Crippen molar-refractivity contribution in [3.8, 4) is 28.1 Å². The predicted molar refractivity (Wildman–Crippen MR) is 93.7 cm³/mol. The molecule has 6 nitrogen and oxygen atoms in total. The van der Waals surface area contributed by atoms with Crippen molar-refractivity contribution in [1.29, 1.82) is 0 Å². The van der Waals surface area contributed by atoms with Crippen LogP contribution in [0.15, 0.2) is 54.6 Å². The summed E-state index contributed by atoms with van der Waals surface area (Å²) in [4.78, 5) is 15.8. The molecular weight excluding hydrogens is 329 g/mol. The Bertz CT molecular complexity index is 951. The van der Waals surface area contributed by atoms with Crippen molar-refractivity contribution in [2.24, 2.45) is 0 Å². The molecule has 0 spiro atoms. The first-order chi connectivity index (χ1) is 11.5. The Morgan fingerprint density at radius 2 is 1.72 bits per heavy atom. The monoisotopic (exact) mass is 345 g/mol. The third-order valence-electron chi connectivity index (χ3n) is 3.64. The van der Waals surface area contributed by atoms with Gasteiger partial charge >= 0.3 is 35.5 Å². The SMILES string of the molecule is Nc1cccc(-c2cc(-c3ccccc3O)nc(N)c2C(=O)O)c1.[H-].[Na+].